The number of aryl methyl sites for hydroxylation is 1. The number of hydrogen-bond acceptors (Lipinski definition) is 5. The smallest absolute Gasteiger partial charge is 0.279 e. The van der Waals surface area contributed by atoms with Gasteiger partial charge in [-0.3, -0.25) is 4.79 Å². The van der Waals surface area contributed by atoms with Gasteiger partial charge >= 0.3 is 0 Å². The molecule has 1 aromatic rings. The van der Waals surface area contributed by atoms with E-state index >= 15 is 0 Å². The lowest BCUT2D eigenvalue weighted by Crippen LogP contribution is -2.31. The van der Waals surface area contributed by atoms with E-state index < -0.39 is 6.10 Å². The Bertz CT molecular complexity index is 494. The van der Waals surface area contributed by atoms with Gasteiger partial charge < -0.3 is 15.4 Å². The summed E-state index contributed by atoms with van der Waals surface area (Å²) in [5.41, 5.74) is 0.543. The number of nitrogens with zero attached hydrogens (tertiary/aromatic N) is 2. The van der Waals surface area contributed by atoms with E-state index in [1.165, 1.54) is 0 Å². The number of aromatic amines is 1. The SMILES string of the molecule is CC.CC.CCC(O)C1=Nc2c(nc(C)[nH]c2=O)NC1. The second-order valence-corrected chi connectivity index (χ2v) is 3.73. The molecule has 6 nitrogen and oxygen atoms in total. The average molecular weight is 282 g/mol. The van der Waals surface area contributed by atoms with Crippen LogP contribution in [-0.4, -0.2) is 33.4 Å². The van der Waals surface area contributed by atoms with E-state index in [2.05, 4.69) is 20.3 Å². The van der Waals surface area contributed by atoms with Crippen molar-refractivity contribution < 1.29 is 5.11 Å². The highest BCUT2D eigenvalue weighted by molar-refractivity contribution is 5.97. The Hall–Kier alpha value is -1.69. The van der Waals surface area contributed by atoms with Crippen LogP contribution < -0.4 is 10.9 Å². The summed E-state index contributed by atoms with van der Waals surface area (Å²) in [6.07, 6.45) is -0.0334. The lowest BCUT2D eigenvalue weighted by atomic mass is 10.1. The first-order valence-corrected chi connectivity index (χ1v) is 7.22. The minimum Gasteiger partial charge on any atom is -0.387 e. The van der Waals surface area contributed by atoms with Crippen LogP contribution >= 0.6 is 0 Å². The quantitative estimate of drug-likeness (QED) is 0.777. The maximum absolute atomic E-state index is 11.6. The molecule has 1 aromatic heterocycles. The fourth-order valence-electron chi connectivity index (χ4n) is 1.59. The van der Waals surface area contributed by atoms with Crippen molar-refractivity contribution in [2.24, 2.45) is 4.99 Å². The predicted octanol–water partition coefficient (Wildman–Crippen LogP) is 2.40. The van der Waals surface area contributed by atoms with Crippen LogP contribution in [0.3, 0.4) is 0 Å². The number of aliphatic hydroxyl groups excluding tert-OH is 1. The van der Waals surface area contributed by atoms with E-state index in [1.807, 2.05) is 34.6 Å². The van der Waals surface area contributed by atoms with Gasteiger partial charge in [0.15, 0.2) is 11.5 Å². The summed E-state index contributed by atoms with van der Waals surface area (Å²) in [7, 11) is 0. The normalized spacial score (nSPS) is 13.4. The van der Waals surface area contributed by atoms with Gasteiger partial charge in [0.05, 0.1) is 18.4 Å². The van der Waals surface area contributed by atoms with E-state index in [1.54, 1.807) is 6.92 Å². The molecule has 0 saturated carbocycles. The molecule has 0 amide bonds. The van der Waals surface area contributed by atoms with Crippen LogP contribution in [0.4, 0.5) is 11.5 Å². The summed E-state index contributed by atoms with van der Waals surface area (Å²) in [4.78, 5) is 22.5. The molecule has 6 heteroatoms. The number of rotatable bonds is 2. The Morgan fingerprint density at radius 3 is 2.45 bits per heavy atom. The van der Waals surface area contributed by atoms with Gasteiger partial charge in [0.2, 0.25) is 0 Å². The highest BCUT2D eigenvalue weighted by Gasteiger charge is 2.19. The largest absolute Gasteiger partial charge is 0.387 e. The van der Waals surface area contributed by atoms with Crippen molar-refractivity contribution in [2.75, 3.05) is 11.9 Å². The van der Waals surface area contributed by atoms with Crippen molar-refractivity contribution in [2.45, 2.75) is 54.1 Å². The molecule has 114 valence electrons. The van der Waals surface area contributed by atoms with Crippen LogP contribution in [0, 0.1) is 6.92 Å². The molecule has 0 aliphatic carbocycles. The van der Waals surface area contributed by atoms with Crippen molar-refractivity contribution >= 4 is 17.2 Å². The number of nitrogens with one attached hydrogen (secondary N) is 2. The van der Waals surface area contributed by atoms with Crippen molar-refractivity contribution in [3.05, 3.63) is 16.2 Å². The molecule has 0 saturated heterocycles. The Balaban J connectivity index is 0.000000829. The third-order valence-electron chi connectivity index (χ3n) is 2.48. The zero-order chi connectivity index (χ0) is 15.7. The van der Waals surface area contributed by atoms with Gasteiger partial charge in [0.25, 0.3) is 5.56 Å². The molecule has 20 heavy (non-hydrogen) atoms. The minimum absolute atomic E-state index is 0.249. The van der Waals surface area contributed by atoms with Crippen LogP contribution in [-0.2, 0) is 0 Å². The van der Waals surface area contributed by atoms with Crippen LogP contribution in [0.1, 0.15) is 46.9 Å². The van der Waals surface area contributed by atoms with Crippen LogP contribution in [0.5, 0.6) is 0 Å². The highest BCUT2D eigenvalue weighted by Crippen LogP contribution is 2.21. The van der Waals surface area contributed by atoms with Gasteiger partial charge in [0.1, 0.15) is 5.82 Å². The fraction of sp³-hybridized carbons (Fsp3) is 0.643. The Morgan fingerprint density at radius 1 is 1.30 bits per heavy atom. The molecule has 2 heterocycles. The highest BCUT2D eigenvalue weighted by atomic mass is 16.3. The van der Waals surface area contributed by atoms with Crippen LogP contribution in [0.2, 0.25) is 0 Å². The average Bonchev–Trinajstić information content (AvgIpc) is 2.50. The summed E-state index contributed by atoms with van der Waals surface area (Å²) in [6, 6.07) is 0. The number of fused-ring (bicyclic) bond motifs is 1. The Morgan fingerprint density at radius 2 is 1.90 bits per heavy atom. The predicted molar refractivity (Wildman–Crippen MR) is 84.2 cm³/mol. The maximum Gasteiger partial charge on any atom is 0.279 e. The number of aromatic nitrogens is 2. The number of anilines is 1. The minimum atomic E-state index is -0.610. The monoisotopic (exact) mass is 282 g/mol. The zero-order valence-electron chi connectivity index (χ0n) is 13.2. The van der Waals surface area contributed by atoms with Gasteiger partial charge in [0, 0.05) is 0 Å². The maximum atomic E-state index is 11.6. The summed E-state index contributed by atoms with van der Waals surface area (Å²) in [5.74, 6) is 1.03. The zero-order valence-corrected chi connectivity index (χ0v) is 13.2. The third-order valence-corrected chi connectivity index (χ3v) is 2.48. The topological polar surface area (TPSA) is 90.4 Å². The van der Waals surface area contributed by atoms with Gasteiger partial charge in [-0.25, -0.2) is 9.98 Å². The molecular weight excluding hydrogens is 256 g/mol. The Labute approximate surface area is 120 Å². The molecule has 0 fully saturated rings. The first-order valence-electron chi connectivity index (χ1n) is 7.22. The fourth-order valence-corrected chi connectivity index (χ4v) is 1.59. The third kappa shape index (κ3) is 4.45. The molecule has 0 bridgehead atoms. The van der Waals surface area contributed by atoms with E-state index in [9.17, 15) is 9.90 Å². The molecule has 0 radical (unpaired) electrons. The molecular formula is C14H26N4O2. The molecule has 1 unspecified atom stereocenters. The molecule has 0 aromatic carbocycles. The van der Waals surface area contributed by atoms with E-state index in [-0.39, 0.29) is 11.2 Å². The van der Waals surface area contributed by atoms with E-state index in [4.69, 9.17) is 0 Å². The lowest BCUT2D eigenvalue weighted by molar-refractivity contribution is 0.236. The molecule has 2 rings (SSSR count). The second kappa shape index (κ2) is 9.25. The number of aliphatic hydroxyl groups is 1. The summed E-state index contributed by atoms with van der Waals surface area (Å²) >= 11 is 0. The van der Waals surface area contributed by atoms with Crippen LogP contribution in [0.25, 0.3) is 0 Å². The van der Waals surface area contributed by atoms with Gasteiger partial charge in [-0.2, -0.15) is 0 Å². The summed E-state index contributed by atoms with van der Waals surface area (Å²) in [6.45, 7) is 12.0. The van der Waals surface area contributed by atoms with Gasteiger partial charge in [-0.05, 0) is 13.3 Å². The molecule has 1 aliphatic rings. The number of H-pyrrole nitrogens is 1. The number of aliphatic imine (C=N–C) groups is 1. The van der Waals surface area contributed by atoms with Crippen molar-refractivity contribution in [1.82, 2.24) is 9.97 Å². The lowest BCUT2D eigenvalue weighted by Gasteiger charge is -2.19. The molecule has 1 aliphatic heterocycles. The number of hydrogen-bond donors (Lipinski definition) is 3. The van der Waals surface area contributed by atoms with E-state index in [0.717, 1.165) is 0 Å². The molecule has 3 N–H and O–H groups in total. The first kappa shape index (κ1) is 18.3. The van der Waals surface area contributed by atoms with Crippen LogP contribution in [0.15, 0.2) is 9.79 Å². The van der Waals surface area contributed by atoms with Crippen molar-refractivity contribution in [1.29, 1.82) is 0 Å². The van der Waals surface area contributed by atoms with Crippen molar-refractivity contribution in [3.8, 4) is 0 Å². The second-order valence-electron chi connectivity index (χ2n) is 3.73. The summed E-state index contributed by atoms with van der Waals surface area (Å²) in [5, 5.41) is 12.6. The van der Waals surface area contributed by atoms with E-state index in [0.29, 0.717) is 30.3 Å². The Kier molecular flexibility index (Phi) is 8.47. The standard InChI is InChI=1S/C10H14N4O2.2C2H6/c1-3-7(15)6-4-11-9-8(14-6)10(16)13-5(2)12-9;2*1-2/h7,15H,3-4H2,1-2H3,(H2,11,12,13,16);2*1-2H3. The van der Waals surface area contributed by atoms with Gasteiger partial charge in [-0.1, -0.05) is 34.6 Å². The van der Waals surface area contributed by atoms with Crippen molar-refractivity contribution in [3.63, 3.8) is 0 Å². The first-order chi connectivity index (χ1) is 9.61. The molecule has 1 atom stereocenters. The molecule has 0 spiro atoms. The van der Waals surface area contributed by atoms with Gasteiger partial charge in [-0.15, -0.1) is 0 Å². The summed E-state index contributed by atoms with van der Waals surface area (Å²) < 4.78 is 0.